The summed E-state index contributed by atoms with van der Waals surface area (Å²) in [7, 11) is 2.75. The fraction of sp³-hybridized carbons (Fsp3) is 1.00. The van der Waals surface area contributed by atoms with Gasteiger partial charge in [0.1, 0.15) is 0 Å². The summed E-state index contributed by atoms with van der Waals surface area (Å²) in [5.41, 5.74) is 0. The Hall–Kier alpha value is 1.70. The summed E-state index contributed by atoms with van der Waals surface area (Å²) in [6.07, 6.45) is 0. The van der Waals surface area contributed by atoms with Gasteiger partial charge in [0.05, 0.1) is 11.7 Å². The van der Waals surface area contributed by atoms with Crippen LogP contribution in [-0.4, -0.2) is 7.11 Å². The van der Waals surface area contributed by atoms with Crippen LogP contribution in [0, 0.1) is 0 Å². The van der Waals surface area contributed by atoms with E-state index in [1.54, 1.807) is 7.11 Å². The van der Waals surface area contributed by atoms with Gasteiger partial charge in [-0.05, 0) is 31.3 Å². The van der Waals surface area contributed by atoms with Gasteiger partial charge in [-0.15, -0.1) is 0 Å². The molecule has 0 heterocycles. The van der Waals surface area contributed by atoms with Crippen molar-refractivity contribution < 1.29 is 4.18 Å². The highest BCUT2D eigenvalue weighted by Gasteiger charge is 1.85. The zero-order valence-electron chi connectivity index (χ0n) is 3.42. The minimum Gasteiger partial charge on any atom is -0.306 e. The molecule has 0 saturated heterocycles. The quantitative estimate of drug-likeness (QED) is 0.525. The number of halogens is 1. The van der Waals surface area contributed by atoms with Crippen LogP contribution in [0.1, 0.15) is 0 Å². The van der Waals surface area contributed by atoms with Crippen LogP contribution >= 0.6 is 21.2 Å². The molecule has 1 unspecified atom stereocenters. The maximum Gasteiger partial charge on any atom is 0.0742 e. The van der Waals surface area contributed by atoms with E-state index in [1.165, 1.54) is 8.88 Å². The summed E-state index contributed by atoms with van der Waals surface area (Å²) in [5, 5.41) is 0. The molecule has 0 radical (unpaired) electrons. The van der Waals surface area contributed by atoms with E-state index in [-0.39, 0.29) is 0 Å². The molecule has 0 aliphatic rings. The smallest absolute Gasteiger partial charge is 0.0742 e. The summed E-state index contributed by atoms with van der Waals surface area (Å²) < 4.78 is 3.46. The molecular weight excluding hydrogens is 283 g/mol. The van der Waals surface area contributed by atoms with Gasteiger partial charge in [-0.2, -0.15) is 0 Å². The van der Waals surface area contributed by atoms with Crippen LogP contribution in [0.2, 0.25) is 0 Å². The Morgan fingerprint density at radius 3 is 2.29 bits per heavy atom. The molecule has 1 nitrogen and oxygen atoms in total. The molecule has 0 rings (SSSR count). The van der Waals surface area contributed by atoms with Gasteiger partial charge in [0.2, 0.25) is 0 Å². The Balaban J connectivity index is 4.52. The molecule has 0 N–H and O–H groups in total. The Labute approximate surface area is 67.6 Å². The van der Waals surface area contributed by atoms with Gasteiger partial charge in [0.25, 0.3) is 0 Å². The molecule has 44 valence electrons. The van der Waals surface area contributed by atoms with Crippen molar-refractivity contribution in [2.75, 3.05) is 7.11 Å². The van der Waals surface area contributed by atoms with E-state index in [0.717, 1.165) is 0 Å². The normalized spacial score (nSPS) is 18.0. The third-order valence-electron chi connectivity index (χ3n) is 0.280. The summed E-state index contributed by atoms with van der Waals surface area (Å²) in [6, 6.07) is 0. The SMILES string of the molecule is COS(=S)(I)=S=S. The van der Waals surface area contributed by atoms with E-state index >= 15 is 0 Å². The van der Waals surface area contributed by atoms with Crippen molar-refractivity contribution in [3.05, 3.63) is 0 Å². The average molecular weight is 286 g/mol. The fourth-order valence-corrected chi connectivity index (χ4v) is 0.750. The molecule has 0 aromatic carbocycles. The monoisotopic (exact) mass is 286 g/mol. The van der Waals surface area contributed by atoms with Crippen molar-refractivity contribution in [1.29, 1.82) is 0 Å². The van der Waals surface area contributed by atoms with Crippen LogP contribution in [0.25, 0.3) is 0 Å². The average Bonchev–Trinajstić information content (AvgIpc) is 1.68. The Bertz CT molecular complexity index is 172. The van der Waals surface area contributed by atoms with E-state index in [0.29, 0.717) is 0 Å². The third kappa shape index (κ3) is 4.22. The van der Waals surface area contributed by atoms with Gasteiger partial charge in [-0.3, -0.25) is 0 Å². The summed E-state index contributed by atoms with van der Waals surface area (Å²) in [4.78, 5) is 0. The van der Waals surface area contributed by atoms with E-state index in [4.69, 9.17) is 15.4 Å². The molecule has 0 bridgehead atoms. The first-order valence-electron chi connectivity index (χ1n) is 1.23. The lowest BCUT2D eigenvalue weighted by atomic mass is 11.8. The number of hydrogen-bond donors (Lipinski definition) is 0. The van der Waals surface area contributed by atoms with Crippen molar-refractivity contribution in [3.63, 3.8) is 0 Å². The largest absolute Gasteiger partial charge is 0.306 e. The first-order valence-corrected chi connectivity index (χ1v) is 8.51. The van der Waals surface area contributed by atoms with Crippen molar-refractivity contribution in [2.45, 2.75) is 0 Å². The molecule has 0 aliphatic carbocycles. The van der Waals surface area contributed by atoms with Gasteiger partial charge < -0.3 is 4.18 Å². The molecule has 0 spiro atoms. The van der Waals surface area contributed by atoms with Crippen LogP contribution < -0.4 is 0 Å². The zero-order valence-corrected chi connectivity index (χ0v) is 8.84. The molecule has 0 aromatic rings. The second kappa shape index (κ2) is 3.67. The summed E-state index contributed by atoms with van der Waals surface area (Å²) in [6.45, 7) is 0. The number of rotatable bonds is 1. The van der Waals surface area contributed by atoms with Gasteiger partial charge in [-0.1, -0.05) is 0 Å². The summed E-state index contributed by atoms with van der Waals surface area (Å²) in [5.74, 6) is 0. The predicted molar refractivity (Wildman–Crippen MR) is 50.5 cm³/mol. The standard InChI is InChI=1S/CH3IOS4/c1-3-7(2,5)6-4/h1H3. The minimum absolute atomic E-state index is 1.17. The Morgan fingerprint density at radius 1 is 1.86 bits per heavy atom. The van der Waals surface area contributed by atoms with Gasteiger partial charge in [-0.25, -0.2) is 0 Å². The molecular formula is CH3IOS4. The highest BCUT2D eigenvalue weighted by atomic mass is 127. The van der Waals surface area contributed by atoms with Crippen molar-refractivity contribution in [1.82, 2.24) is 0 Å². The maximum absolute atomic E-state index is 4.85. The Morgan fingerprint density at radius 2 is 2.29 bits per heavy atom. The second-order valence-electron chi connectivity index (χ2n) is 0.628. The molecule has 0 fully saturated rings. The van der Waals surface area contributed by atoms with Crippen LogP contribution in [0.3, 0.4) is 0 Å². The Kier molecular flexibility index (Phi) is 4.57. The first kappa shape index (κ1) is 8.70. The molecule has 0 amide bonds. The fourth-order valence-electron chi connectivity index (χ4n) is 0.0278. The van der Waals surface area contributed by atoms with Crippen LogP contribution in [0.4, 0.5) is 0 Å². The molecule has 7 heavy (non-hydrogen) atoms. The van der Waals surface area contributed by atoms with Gasteiger partial charge >= 0.3 is 0 Å². The highest BCUT2D eigenvalue weighted by molar-refractivity contribution is 14.2. The van der Waals surface area contributed by atoms with E-state index in [2.05, 4.69) is 11.2 Å². The lowest BCUT2D eigenvalue weighted by molar-refractivity contribution is 0.492. The van der Waals surface area contributed by atoms with Crippen molar-refractivity contribution in [3.8, 4) is 0 Å². The molecule has 0 aliphatic heterocycles. The summed E-state index contributed by atoms with van der Waals surface area (Å²) >= 11 is 11.5. The molecule has 1 atom stereocenters. The first-order chi connectivity index (χ1) is 3.12. The third-order valence-corrected chi connectivity index (χ3v) is 10.2. The van der Waals surface area contributed by atoms with E-state index in [9.17, 15) is 0 Å². The van der Waals surface area contributed by atoms with E-state index < -0.39 is 4.60 Å². The zero-order chi connectivity index (χ0) is 5.91. The van der Waals surface area contributed by atoms with Gasteiger partial charge in [0.15, 0.2) is 0 Å². The van der Waals surface area contributed by atoms with Crippen LogP contribution in [0.15, 0.2) is 0 Å². The molecule has 6 heteroatoms. The second-order valence-corrected chi connectivity index (χ2v) is 14.3. The van der Waals surface area contributed by atoms with E-state index in [1.807, 2.05) is 21.2 Å². The molecule has 0 saturated carbocycles. The van der Waals surface area contributed by atoms with Crippen molar-refractivity contribution >= 4 is 57.1 Å². The number of hydrogen-bond acceptors (Lipinski definition) is 3. The van der Waals surface area contributed by atoms with Crippen LogP contribution in [0.5, 0.6) is 0 Å². The maximum atomic E-state index is 4.85. The topological polar surface area (TPSA) is 9.23 Å². The minimum atomic E-state index is -1.37. The lowest BCUT2D eigenvalue weighted by Gasteiger charge is -1.91. The van der Waals surface area contributed by atoms with Crippen LogP contribution in [-0.2, 0) is 40.0 Å². The lowest BCUT2D eigenvalue weighted by Crippen LogP contribution is -1.83. The van der Waals surface area contributed by atoms with Gasteiger partial charge in [0, 0.05) is 21.2 Å². The van der Waals surface area contributed by atoms with Crippen molar-refractivity contribution in [2.24, 2.45) is 0 Å². The molecule has 0 aromatic heterocycles. The predicted octanol–water partition coefficient (Wildman–Crippen LogP) is 0.973. The highest BCUT2D eigenvalue weighted by Crippen LogP contribution is 2.02.